The maximum absolute atomic E-state index is 12.8. The topological polar surface area (TPSA) is 43.6 Å². The van der Waals surface area contributed by atoms with Crippen molar-refractivity contribution in [3.63, 3.8) is 0 Å². The molecular weight excluding hydrogens is 368 g/mol. The lowest BCUT2D eigenvalue weighted by atomic mass is 10.1. The van der Waals surface area contributed by atoms with Crippen molar-refractivity contribution in [2.24, 2.45) is 4.99 Å². The molecule has 0 N–H and O–H groups in total. The molecule has 0 aliphatic rings. The van der Waals surface area contributed by atoms with E-state index in [1.807, 2.05) is 61.7 Å². The van der Waals surface area contributed by atoms with Gasteiger partial charge in [-0.2, -0.15) is 4.99 Å². The Morgan fingerprint density at radius 2 is 2.08 bits per heavy atom. The maximum atomic E-state index is 12.8. The molecule has 0 saturated carbocycles. The molecule has 1 heterocycles. The third-order valence-corrected chi connectivity index (χ3v) is 5.48. The van der Waals surface area contributed by atoms with Crippen LogP contribution in [0.3, 0.4) is 0 Å². The van der Waals surface area contributed by atoms with E-state index in [4.69, 9.17) is 16.3 Å². The maximum Gasteiger partial charge on any atom is 0.279 e. The van der Waals surface area contributed by atoms with Crippen LogP contribution < -0.4 is 4.80 Å². The quantitative estimate of drug-likeness (QED) is 0.592. The average Bonchev–Trinajstić information content (AvgIpc) is 2.96. The zero-order valence-corrected chi connectivity index (χ0v) is 16.7. The van der Waals surface area contributed by atoms with Crippen molar-refractivity contribution in [1.82, 2.24) is 4.57 Å². The first-order chi connectivity index (χ1) is 12.5. The SMILES string of the molecule is CCOCCn1c(=NC(=O)c2cc(C)ccc2C)sc2cccc(Cl)c21. The van der Waals surface area contributed by atoms with E-state index in [-0.39, 0.29) is 5.91 Å². The molecule has 0 atom stereocenters. The van der Waals surface area contributed by atoms with Gasteiger partial charge in [0, 0.05) is 18.7 Å². The summed E-state index contributed by atoms with van der Waals surface area (Å²) in [4.78, 5) is 17.8. The van der Waals surface area contributed by atoms with E-state index in [0.29, 0.717) is 35.1 Å². The molecule has 3 rings (SSSR count). The lowest BCUT2D eigenvalue weighted by Gasteiger charge is -2.07. The third-order valence-electron chi connectivity index (χ3n) is 4.14. The molecule has 0 aliphatic carbocycles. The van der Waals surface area contributed by atoms with Crippen molar-refractivity contribution < 1.29 is 9.53 Å². The molecule has 0 aliphatic heterocycles. The fourth-order valence-corrected chi connectivity index (χ4v) is 4.21. The number of para-hydroxylation sites is 1. The van der Waals surface area contributed by atoms with Crippen LogP contribution in [0.25, 0.3) is 10.2 Å². The molecule has 0 unspecified atom stereocenters. The molecule has 1 aromatic heterocycles. The van der Waals surface area contributed by atoms with E-state index in [0.717, 1.165) is 21.3 Å². The minimum Gasteiger partial charge on any atom is -0.380 e. The number of nitrogens with zero attached hydrogens (tertiary/aromatic N) is 2. The Hall–Kier alpha value is -1.95. The third kappa shape index (κ3) is 3.90. The molecule has 0 spiro atoms. The minimum absolute atomic E-state index is 0.237. The number of hydrogen-bond donors (Lipinski definition) is 0. The number of thiazole rings is 1. The second kappa shape index (κ2) is 8.16. The Morgan fingerprint density at radius 3 is 2.85 bits per heavy atom. The summed E-state index contributed by atoms with van der Waals surface area (Å²) in [5.41, 5.74) is 3.48. The number of aryl methyl sites for hydroxylation is 2. The first-order valence-electron chi connectivity index (χ1n) is 8.53. The summed E-state index contributed by atoms with van der Waals surface area (Å²) in [5, 5.41) is 0.649. The Balaban J connectivity index is 2.12. The summed E-state index contributed by atoms with van der Waals surface area (Å²) >= 11 is 7.87. The van der Waals surface area contributed by atoms with Crippen molar-refractivity contribution in [2.75, 3.05) is 13.2 Å². The Labute approximate surface area is 161 Å². The number of halogens is 1. The van der Waals surface area contributed by atoms with Crippen LogP contribution >= 0.6 is 22.9 Å². The Morgan fingerprint density at radius 1 is 1.27 bits per heavy atom. The molecule has 0 radical (unpaired) electrons. The fourth-order valence-electron chi connectivity index (χ4n) is 2.79. The number of aromatic nitrogens is 1. The highest BCUT2D eigenvalue weighted by Crippen LogP contribution is 2.25. The minimum atomic E-state index is -0.237. The number of amides is 1. The van der Waals surface area contributed by atoms with E-state index in [1.54, 1.807) is 0 Å². The van der Waals surface area contributed by atoms with E-state index >= 15 is 0 Å². The number of carbonyl (C=O) groups excluding carboxylic acids is 1. The summed E-state index contributed by atoms with van der Waals surface area (Å²) in [6.07, 6.45) is 0. The largest absolute Gasteiger partial charge is 0.380 e. The van der Waals surface area contributed by atoms with Gasteiger partial charge in [-0.25, -0.2) is 0 Å². The summed E-state index contributed by atoms with van der Waals surface area (Å²) in [6, 6.07) is 11.6. The van der Waals surface area contributed by atoms with Crippen LogP contribution in [-0.4, -0.2) is 23.7 Å². The van der Waals surface area contributed by atoms with Gasteiger partial charge in [-0.1, -0.05) is 46.7 Å². The highest BCUT2D eigenvalue weighted by molar-refractivity contribution is 7.16. The molecule has 136 valence electrons. The van der Waals surface area contributed by atoms with Crippen LogP contribution in [0.5, 0.6) is 0 Å². The molecule has 6 heteroatoms. The summed E-state index contributed by atoms with van der Waals surface area (Å²) < 4.78 is 8.46. The zero-order chi connectivity index (χ0) is 18.7. The van der Waals surface area contributed by atoms with E-state index in [1.165, 1.54) is 11.3 Å². The smallest absolute Gasteiger partial charge is 0.279 e. The van der Waals surface area contributed by atoms with Gasteiger partial charge < -0.3 is 9.30 Å². The van der Waals surface area contributed by atoms with Crippen molar-refractivity contribution in [1.29, 1.82) is 0 Å². The van der Waals surface area contributed by atoms with Crippen molar-refractivity contribution in [2.45, 2.75) is 27.3 Å². The fraction of sp³-hybridized carbons (Fsp3) is 0.300. The van der Waals surface area contributed by atoms with E-state index in [9.17, 15) is 4.79 Å². The number of hydrogen-bond acceptors (Lipinski definition) is 3. The number of fused-ring (bicyclic) bond motifs is 1. The van der Waals surface area contributed by atoms with Crippen LogP contribution in [0.15, 0.2) is 41.4 Å². The monoisotopic (exact) mass is 388 g/mol. The molecule has 1 amide bonds. The molecule has 2 aromatic carbocycles. The first-order valence-corrected chi connectivity index (χ1v) is 9.72. The van der Waals surface area contributed by atoms with Crippen molar-refractivity contribution in [3.8, 4) is 0 Å². The van der Waals surface area contributed by atoms with Gasteiger partial charge in [0.25, 0.3) is 5.91 Å². The predicted molar refractivity (Wildman–Crippen MR) is 107 cm³/mol. The normalized spacial score (nSPS) is 12.1. The lowest BCUT2D eigenvalue weighted by Crippen LogP contribution is -2.20. The van der Waals surface area contributed by atoms with Crippen LogP contribution in [0.1, 0.15) is 28.4 Å². The number of rotatable bonds is 5. The second-order valence-corrected chi connectivity index (χ2v) is 7.47. The molecular formula is C20H21ClN2O2S. The zero-order valence-electron chi connectivity index (χ0n) is 15.1. The van der Waals surface area contributed by atoms with Gasteiger partial charge in [0.2, 0.25) is 0 Å². The molecule has 0 saturated heterocycles. The van der Waals surface area contributed by atoms with Crippen LogP contribution in [0.2, 0.25) is 5.02 Å². The molecule has 26 heavy (non-hydrogen) atoms. The van der Waals surface area contributed by atoms with E-state index in [2.05, 4.69) is 4.99 Å². The summed E-state index contributed by atoms with van der Waals surface area (Å²) in [7, 11) is 0. The van der Waals surface area contributed by atoms with Crippen LogP contribution in [0.4, 0.5) is 0 Å². The van der Waals surface area contributed by atoms with Gasteiger partial charge in [0.05, 0.1) is 21.8 Å². The van der Waals surface area contributed by atoms with Crippen molar-refractivity contribution >= 4 is 39.1 Å². The Bertz CT molecular complexity index is 1020. The molecule has 3 aromatic rings. The predicted octanol–water partition coefficient (Wildman–Crippen LogP) is 4.75. The van der Waals surface area contributed by atoms with Gasteiger partial charge in [-0.3, -0.25) is 4.79 Å². The summed E-state index contributed by atoms with van der Waals surface area (Å²) in [5.74, 6) is -0.237. The standard InChI is InChI=1S/C20H21ClN2O2S/c1-4-25-11-10-23-18-16(21)6-5-7-17(18)26-20(23)22-19(24)15-12-13(2)8-9-14(15)3/h5-9,12H,4,10-11H2,1-3H3. The molecule has 0 bridgehead atoms. The number of ether oxygens (including phenoxy) is 1. The second-order valence-electron chi connectivity index (χ2n) is 6.06. The van der Waals surface area contributed by atoms with Gasteiger partial charge >= 0.3 is 0 Å². The van der Waals surface area contributed by atoms with Crippen LogP contribution in [0, 0.1) is 13.8 Å². The Kier molecular flexibility index (Phi) is 5.91. The van der Waals surface area contributed by atoms with Crippen molar-refractivity contribution in [3.05, 3.63) is 62.9 Å². The van der Waals surface area contributed by atoms with Gasteiger partial charge in [-0.05, 0) is 44.5 Å². The van der Waals surface area contributed by atoms with Gasteiger partial charge in [-0.15, -0.1) is 0 Å². The van der Waals surface area contributed by atoms with E-state index < -0.39 is 0 Å². The number of carbonyl (C=O) groups is 1. The van der Waals surface area contributed by atoms with Gasteiger partial charge in [0.15, 0.2) is 4.80 Å². The first kappa shape index (κ1) is 18.8. The molecule has 4 nitrogen and oxygen atoms in total. The summed E-state index contributed by atoms with van der Waals surface area (Å²) in [6.45, 7) is 7.63. The van der Waals surface area contributed by atoms with Crippen LogP contribution in [-0.2, 0) is 11.3 Å². The molecule has 0 fully saturated rings. The average molecular weight is 389 g/mol. The highest BCUT2D eigenvalue weighted by Gasteiger charge is 2.13. The highest BCUT2D eigenvalue weighted by atomic mass is 35.5. The lowest BCUT2D eigenvalue weighted by molar-refractivity contribution is 0.0996. The number of benzene rings is 2. The van der Waals surface area contributed by atoms with Gasteiger partial charge in [0.1, 0.15) is 0 Å².